The van der Waals surface area contributed by atoms with Crippen molar-refractivity contribution < 1.29 is 28.5 Å². The molecule has 0 N–H and O–H groups in total. The maximum atomic E-state index is 14.0. The number of benzene rings is 2. The van der Waals surface area contributed by atoms with Gasteiger partial charge < -0.3 is 23.7 Å². The summed E-state index contributed by atoms with van der Waals surface area (Å²) in [7, 11) is 1.56. The van der Waals surface area contributed by atoms with Crippen molar-refractivity contribution in [2.24, 2.45) is 4.99 Å². The second kappa shape index (κ2) is 13.4. The SMILES string of the molecule is C=CCOc1ccc(/C=c2\sc3n(c2=O)[C@H](c2ccc(OCC)c(OCC)c2)C(C(=O)OCC)=C(C)N=3)cc1OC. The quantitative estimate of drug-likeness (QED) is 0.235. The standard InChI is InChI=1S/C31H34N2O7S/c1-7-15-40-22-13-11-20(16-24(22)36-6)17-26-29(34)33-28(21-12-14-23(37-8-2)25(18-21)38-9-3)27(30(35)39-10-4)19(5)32-31(33)41-26/h7,11-14,16-18,28H,1,8-10,15H2,2-6H3/b26-17-/t28-/m1/s1. The molecule has 41 heavy (non-hydrogen) atoms. The van der Waals surface area contributed by atoms with Gasteiger partial charge in [0.1, 0.15) is 6.61 Å². The Morgan fingerprint density at radius 3 is 2.39 bits per heavy atom. The highest BCUT2D eigenvalue weighted by molar-refractivity contribution is 7.07. The van der Waals surface area contributed by atoms with Crippen LogP contribution < -0.4 is 33.8 Å². The fourth-order valence-electron chi connectivity index (χ4n) is 4.54. The summed E-state index contributed by atoms with van der Waals surface area (Å²) in [5, 5.41) is 0. The number of esters is 1. The van der Waals surface area contributed by atoms with Gasteiger partial charge >= 0.3 is 5.97 Å². The molecule has 1 aliphatic heterocycles. The fraction of sp³-hybridized carbons (Fsp3) is 0.323. The van der Waals surface area contributed by atoms with E-state index in [1.807, 2.05) is 26.0 Å². The zero-order chi connectivity index (χ0) is 29.5. The predicted molar refractivity (Wildman–Crippen MR) is 158 cm³/mol. The molecular weight excluding hydrogens is 544 g/mol. The van der Waals surface area contributed by atoms with Crippen molar-refractivity contribution in [1.82, 2.24) is 4.57 Å². The summed E-state index contributed by atoms with van der Waals surface area (Å²) in [5.41, 5.74) is 1.91. The summed E-state index contributed by atoms with van der Waals surface area (Å²) >= 11 is 1.24. The molecule has 0 radical (unpaired) electrons. The molecule has 1 atom stereocenters. The maximum absolute atomic E-state index is 14.0. The molecule has 0 saturated carbocycles. The van der Waals surface area contributed by atoms with Gasteiger partial charge in [0.2, 0.25) is 0 Å². The molecule has 0 bridgehead atoms. The van der Waals surface area contributed by atoms with Crippen LogP contribution in [0.3, 0.4) is 0 Å². The summed E-state index contributed by atoms with van der Waals surface area (Å²) in [4.78, 5) is 32.3. The molecule has 216 valence electrons. The average molecular weight is 579 g/mol. The Kier molecular flexibility index (Phi) is 9.67. The van der Waals surface area contributed by atoms with Crippen LogP contribution in [-0.4, -0.2) is 44.1 Å². The molecule has 1 aromatic heterocycles. The Bertz CT molecular complexity index is 1650. The highest BCUT2D eigenvalue weighted by Crippen LogP contribution is 2.36. The summed E-state index contributed by atoms with van der Waals surface area (Å²) in [6.07, 6.45) is 3.42. The fourth-order valence-corrected chi connectivity index (χ4v) is 5.58. The van der Waals surface area contributed by atoms with Crippen molar-refractivity contribution in [2.45, 2.75) is 33.7 Å². The minimum absolute atomic E-state index is 0.189. The molecule has 1 aliphatic rings. The number of allylic oxidation sites excluding steroid dienone is 1. The Morgan fingerprint density at radius 2 is 1.71 bits per heavy atom. The molecule has 9 nitrogen and oxygen atoms in total. The van der Waals surface area contributed by atoms with Crippen LogP contribution in [0.2, 0.25) is 0 Å². The molecule has 3 aromatic rings. The third-order valence-electron chi connectivity index (χ3n) is 6.24. The van der Waals surface area contributed by atoms with Crippen molar-refractivity contribution in [3.8, 4) is 23.0 Å². The monoisotopic (exact) mass is 578 g/mol. The number of aromatic nitrogens is 1. The lowest BCUT2D eigenvalue weighted by Gasteiger charge is -2.25. The number of hydrogen-bond donors (Lipinski definition) is 0. The number of thiazole rings is 1. The minimum atomic E-state index is -0.772. The van der Waals surface area contributed by atoms with Crippen LogP contribution in [0, 0.1) is 0 Å². The molecule has 10 heteroatoms. The Morgan fingerprint density at radius 1 is 1.00 bits per heavy atom. The van der Waals surface area contributed by atoms with E-state index < -0.39 is 12.0 Å². The van der Waals surface area contributed by atoms with Gasteiger partial charge in [-0.1, -0.05) is 36.1 Å². The van der Waals surface area contributed by atoms with Crippen molar-refractivity contribution in [3.63, 3.8) is 0 Å². The number of methoxy groups -OCH3 is 1. The molecule has 0 amide bonds. The van der Waals surface area contributed by atoms with Crippen LogP contribution in [0.5, 0.6) is 23.0 Å². The Balaban J connectivity index is 1.90. The Labute approximate surface area is 242 Å². The van der Waals surface area contributed by atoms with Crippen LogP contribution in [0.25, 0.3) is 6.08 Å². The number of nitrogens with zero attached hydrogens (tertiary/aromatic N) is 2. The largest absolute Gasteiger partial charge is 0.493 e. The second-order valence-electron chi connectivity index (χ2n) is 8.88. The van der Waals surface area contributed by atoms with E-state index in [-0.39, 0.29) is 12.2 Å². The smallest absolute Gasteiger partial charge is 0.338 e. The summed E-state index contributed by atoms with van der Waals surface area (Å²) < 4.78 is 30.1. The van der Waals surface area contributed by atoms with Gasteiger partial charge in [-0.25, -0.2) is 9.79 Å². The van der Waals surface area contributed by atoms with Crippen LogP contribution in [-0.2, 0) is 9.53 Å². The van der Waals surface area contributed by atoms with Gasteiger partial charge in [0.05, 0.1) is 48.8 Å². The van der Waals surface area contributed by atoms with Gasteiger partial charge in [-0.3, -0.25) is 9.36 Å². The molecule has 0 saturated heterocycles. The number of hydrogen-bond acceptors (Lipinski definition) is 9. The van der Waals surface area contributed by atoms with Crippen molar-refractivity contribution >= 4 is 23.4 Å². The van der Waals surface area contributed by atoms with Crippen LogP contribution in [0.15, 0.2) is 70.1 Å². The lowest BCUT2D eigenvalue weighted by atomic mass is 9.95. The second-order valence-corrected chi connectivity index (χ2v) is 9.89. The van der Waals surface area contributed by atoms with Crippen molar-refractivity contribution in [3.05, 3.63) is 91.1 Å². The average Bonchev–Trinajstić information content (AvgIpc) is 3.26. The minimum Gasteiger partial charge on any atom is -0.493 e. The van der Waals surface area contributed by atoms with Gasteiger partial charge in [-0.05, 0) is 69.2 Å². The molecule has 0 unspecified atom stereocenters. The van der Waals surface area contributed by atoms with Gasteiger partial charge in [-0.2, -0.15) is 0 Å². The van der Waals surface area contributed by atoms with E-state index in [1.54, 1.807) is 61.9 Å². The van der Waals surface area contributed by atoms with E-state index in [9.17, 15) is 9.59 Å². The lowest BCUT2D eigenvalue weighted by Crippen LogP contribution is -2.40. The van der Waals surface area contributed by atoms with Crippen molar-refractivity contribution in [2.75, 3.05) is 33.5 Å². The van der Waals surface area contributed by atoms with E-state index in [0.29, 0.717) is 69.0 Å². The zero-order valence-corrected chi connectivity index (χ0v) is 24.7. The highest BCUT2D eigenvalue weighted by Gasteiger charge is 2.34. The summed E-state index contributed by atoms with van der Waals surface area (Å²) in [6, 6.07) is 10.1. The number of ether oxygens (including phenoxy) is 5. The van der Waals surface area contributed by atoms with Crippen LogP contribution >= 0.6 is 11.3 Å². The first-order chi connectivity index (χ1) is 19.9. The van der Waals surface area contributed by atoms with E-state index >= 15 is 0 Å². The first-order valence-corrected chi connectivity index (χ1v) is 14.2. The van der Waals surface area contributed by atoms with Crippen LogP contribution in [0.4, 0.5) is 0 Å². The first-order valence-electron chi connectivity index (χ1n) is 13.4. The molecular formula is C31H34N2O7S. The topological polar surface area (TPSA) is 97.6 Å². The summed E-state index contributed by atoms with van der Waals surface area (Å²) in [5.74, 6) is 1.68. The Hall–Kier alpha value is -4.31. The number of fused-ring (bicyclic) bond motifs is 1. The normalized spacial score (nSPS) is 14.7. The molecule has 0 spiro atoms. The number of rotatable bonds is 12. The maximum Gasteiger partial charge on any atom is 0.338 e. The molecule has 0 fully saturated rings. The third-order valence-corrected chi connectivity index (χ3v) is 7.23. The van der Waals surface area contributed by atoms with Gasteiger partial charge in [0, 0.05) is 0 Å². The van der Waals surface area contributed by atoms with E-state index in [0.717, 1.165) is 5.56 Å². The molecule has 4 rings (SSSR count). The van der Waals surface area contributed by atoms with Crippen molar-refractivity contribution in [1.29, 1.82) is 0 Å². The van der Waals surface area contributed by atoms with Crippen LogP contribution in [0.1, 0.15) is 44.9 Å². The van der Waals surface area contributed by atoms with E-state index in [1.165, 1.54) is 11.3 Å². The van der Waals surface area contributed by atoms with Gasteiger partial charge in [0.25, 0.3) is 5.56 Å². The van der Waals surface area contributed by atoms with Gasteiger partial charge in [0.15, 0.2) is 27.8 Å². The predicted octanol–water partition coefficient (Wildman–Crippen LogP) is 4.17. The zero-order valence-electron chi connectivity index (χ0n) is 23.9. The first kappa shape index (κ1) is 29.7. The van der Waals surface area contributed by atoms with E-state index in [2.05, 4.69) is 11.6 Å². The molecule has 2 heterocycles. The lowest BCUT2D eigenvalue weighted by molar-refractivity contribution is -0.139. The van der Waals surface area contributed by atoms with Gasteiger partial charge in [-0.15, -0.1) is 0 Å². The molecule has 0 aliphatic carbocycles. The molecule has 2 aromatic carbocycles. The summed E-state index contributed by atoms with van der Waals surface area (Å²) in [6.45, 7) is 12.4. The van der Waals surface area contributed by atoms with E-state index in [4.69, 9.17) is 23.7 Å². The number of carbonyl (C=O) groups excluding carboxylic acids is 1. The third kappa shape index (κ3) is 6.22. The highest BCUT2D eigenvalue weighted by atomic mass is 32.1. The number of carbonyl (C=O) groups is 1.